The molecule has 6 heteroatoms. The summed E-state index contributed by atoms with van der Waals surface area (Å²) in [5, 5.41) is 10.4. The second kappa shape index (κ2) is 3.25. The molecule has 74 valence electrons. The van der Waals surface area contributed by atoms with Crippen molar-refractivity contribution in [2.24, 2.45) is 0 Å². The van der Waals surface area contributed by atoms with Crippen LogP contribution in [0.4, 0.5) is 0 Å². The second-order valence-corrected chi connectivity index (χ2v) is 5.58. The van der Waals surface area contributed by atoms with E-state index in [-0.39, 0.29) is 0 Å². The van der Waals surface area contributed by atoms with Gasteiger partial charge < -0.3 is 5.32 Å². The predicted molar refractivity (Wildman–Crippen MR) is 48.4 cm³/mol. The van der Waals surface area contributed by atoms with Crippen LogP contribution < -0.4 is 10.0 Å². The molecular formula is C7H13N3O2S. The van der Waals surface area contributed by atoms with Gasteiger partial charge in [-0.2, -0.15) is 5.26 Å². The van der Waals surface area contributed by atoms with Crippen molar-refractivity contribution < 1.29 is 8.42 Å². The molecule has 1 aliphatic heterocycles. The van der Waals surface area contributed by atoms with E-state index in [1.807, 2.05) is 6.92 Å². The summed E-state index contributed by atoms with van der Waals surface area (Å²) >= 11 is 0. The van der Waals surface area contributed by atoms with Crippen molar-refractivity contribution >= 4 is 10.0 Å². The molecule has 0 aromatic heterocycles. The molecule has 1 rings (SSSR count). The third-order valence-corrected chi connectivity index (χ3v) is 3.88. The maximum atomic E-state index is 11.4. The van der Waals surface area contributed by atoms with E-state index in [9.17, 15) is 8.42 Å². The maximum Gasteiger partial charge on any atom is 0.228 e. The zero-order valence-electron chi connectivity index (χ0n) is 7.66. The largest absolute Gasteiger partial charge is 0.313 e. The molecular weight excluding hydrogens is 190 g/mol. The minimum absolute atomic E-state index is 0.413. The zero-order valence-corrected chi connectivity index (χ0v) is 8.48. The summed E-state index contributed by atoms with van der Waals surface area (Å²) in [6, 6.07) is 1.71. The van der Waals surface area contributed by atoms with Crippen molar-refractivity contribution in [3.63, 3.8) is 0 Å². The van der Waals surface area contributed by atoms with Gasteiger partial charge in [0.15, 0.2) is 5.25 Å². The van der Waals surface area contributed by atoms with Crippen LogP contribution in [0.25, 0.3) is 0 Å². The van der Waals surface area contributed by atoms with Gasteiger partial charge in [0.2, 0.25) is 10.0 Å². The molecule has 0 amide bonds. The highest BCUT2D eigenvalue weighted by Crippen LogP contribution is 2.12. The Hall–Kier alpha value is -0.640. The number of nitriles is 1. The van der Waals surface area contributed by atoms with Crippen LogP contribution in [0, 0.1) is 11.3 Å². The molecule has 1 atom stereocenters. The lowest BCUT2D eigenvalue weighted by atomic mass is 9.97. The highest BCUT2D eigenvalue weighted by Gasteiger charge is 2.37. The van der Waals surface area contributed by atoms with Crippen molar-refractivity contribution in [3.8, 4) is 6.07 Å². The lowest BCUT2D eigenvalue weighted by Crippen LogP contribution is -2.67. The normalized spacial score (nSPS) is 22.8. The molecule has 1 saturated heterocycles. The number of nitrogens with zero attached hydrogens (tertiary/aromatic N) is 1. The Kier molecular flexibility index (Phi) is 2.61. The first-order valence-corrected chi connectivity index (χ1v) is 5.57. The van der Waals surface area contributed by atoms with Crippen LogP contribution in [-0.4, -0.2) is 32.3 Å². The molecule has 1 aliphatic rings. The minimum atomic E-state index is -3.48. The number of hydrogen-bond donors (Lipinski definition) is 2. The van der Waals surface area contributed by atoms with Crippen LogP contribution in [0.5, 0.6) is 0 Å². The van der Waals surface area contributed by atoms with Crippen molar-refractivity contribution in [2.45, 2.75) is 24.6 Å². The summed E-state index contributed by atoms with van der Waals surface area (Å²) < 4.78 is 25.3. The van der Waals surface area contributed by atoms with Gasteiger partial charge in [0, 0.05) is 13.1 Å². The molecule has 1 fully saturated rings. The molecule has 13 heavy (non-hydrogen) atoms. The summed E-state index contributed by atoms with van der Waals surface area (Å²) in [5.41, 5.74) is -0.413. The van der Waals surface area contributed by atoms with Crippen LogP contribution >= 0.6 is 0 Å². The van der Waals surface area contributed by atoms with Crippen molar-refractivity contribution in [1.29, 1.82) is 5.26 Å². The van der Waals surface area contributed by atoms with Crippen LogP contribution in [0.1, 0.15) is 13.8 Å². The van der Waals surface area contributed by atoms with Gasteiger partial charge >= 0.3 is 0 Å². The van der Waals surface area contributed by atoms with Gasteiger partial charge in [-0.25, -0.2) is 13.1 Å². The van der Waals surface area contributed by atoms with Gasteiger partial charge in [-0.15, -0.1) is 0 Å². The van der Waals surface area contributed by atoms with Crippen LogP contribution in [0.2, 0.25) is 0 Å². The van der Waals surface area contributed by atoms with E-state index in [0.29, 0.717) is 13.1 Å². The third-order valence-electron chi connectivity index (χ3n) is 2.07. The predicted octanol–water partition coefficient (Wildman–Crippen LogP) is -0.820. The lowest BCUT2D eigenvalue weighted by molar-refractivity contribution is 0.279. The molecule has 1 heterocycles. The Bertz CT molecular complexity index is 326. The van der Waals surface area contributed by atoms with Crippen molar-refractivity contribution in [2.75, 3.05) is 13.1 Å². The smallest absolute Gasteiger partial charge is 0.228 e. The summed E-state index contributed by atoms with van der Waals surface area (Å²) in [4.78, 5) is 0. The standard InChI is InChI=1S/C7H13N3O2S/c1-6(3-8)13(11,12)10-7(2)4-9-5-7/h6,9-10H,4-5H2,1-2H3. The topological polar surface area (TPSA) is 82.0 Å². The monoisotopic (exact) mass is 203 g/mol. The SMILES string of the molecule is CC(C#N)S(=O)(=O)NC1(C)CNC1. The summed E-state index contributed by atoms with van der Waals surface area (Å²) in [6.45, 7) is 4.41. The first-order chi connectivity index (χ1) is 5.90. The van der Waals surface area contributed by atoms with E-state index >= 15 is 0 Å². The van der Waals surface area contributed by atoms with Gasteiger partial charge in [-0.05, 0) is 13.8 Å². The Morgan fingerprint density at radius 3 is 2.46 bits per heavy atom. The van der Waals surface area contributed by atoms with Crippen molar-refractivity contribution in [3.05, 3.63) is 0 Å². The fraction of sp³-hybridized carbons (Fsp3) is 0.857. The van der Waals surface area contributed by atoms with Crippen molar-refractivity contribution in [1.82, 2.24) is 10.0 Å². The maximum absolute atomic E-state index is 11.4. The van der Waals surface area contributed by atoms with Gasteiger partial charge in [-0.1, -0.05) is 0 Å². The molecule has 0 aromatic carbocycles. The van der Waals surface area contributed by atoms with E-state index < -0.39 is 20.8 Å². The van der Waals surface area contributed by atoms with Gasteiger partial charge in [0.05, 0.1) is 11.6 Å². The van der Waals surface area contributed by atoms with E-state index in [1.54, 1.807) is 6.07 Å². The lowest BCUT2D eigenvalue weighted by Gasteiger charge is -2.39. The van der Waals surface area contributed by atoms with Crippen LogP contribution in [-0.2, 0) is 10.0 Å². The Morgan fingerprint density at radius 1 is 1.62 bits per heavy atom. The molecule has 2 N–H and O–H groups in total. The first-order valence-electron chi connectivity index (χ1n) is 4.03. The average Bonchev–Trinajstić information content (AvgIpc) is 1.99. The fourth-order valence-corrected chi connectivity index (χ4v) is 2.22. The molecule has 5 nitrogen and oxygen atoms in total. The Balaban J connectivity index is 2.68. The van der Waals surface area contributed by atoms with E-state index in [4.69, 9.17) is 5.26 Å². The Labute approximate surface area is 78.2 Å². The number of rotatable bonds is 3. The molecule has 0 spiro atoms. The molecule has 1 unspecified atom stereocenters. The van der Waals surface area contributed by atoms with E-state index in [0.717, 1.165) is 0 Å². The molecule has 0 bridgehead atoms. The Morgan fingerprint density at radius 2 is 2.15 bits per heavy atom. The summed E-state index contributed by atoms with van der Waals surface area (Å²) in [7, 11) is -3.48. The fourth-order valence-electron chi connectivity index (χ4n) is 1.07. The minimum Gasteiger partial charge on any atom is -0.313 e. The number of hydrogen-bond acceptors (Lipinski definition) is 4. The third kappa shape index (κ3) is 2.18. The van der Waals surface area contributed by atoms with E-state index in [1.165, 1.54) is 6.92 Å². The van der Waals surface area contributed by atoms with Gasteiger partial charge in [-0.3, -0.25) is 0 Å². The van der Waals surface area contributed by atoms with Gasteiger partial charge in [0.1, 0.15) is 0 Å². The highest BCUT2D eigenvalue weighted by atomic mass is 32.2. The highest BCUT2D eigenvalue weighted by molar-refractivity contribution is 7.90. The number of sulfonamides is 1. The average molecular weight is 203 g/mol. The molecule has 0 saturated carbocycles. The summed E-state index contributed by atoms with van der Waals surface area (Å²) in [6.07, 6.45) is 0. The number of nitrogens with one attached hydrogen (secondary N) is 2. The second-order valence-electron chi connectivity index (χ2n) is 3.58. The quantitative estimate of drug-likeness (QED) is 0.628. The van der Waals surface area contributed by atoms with Crippen LogP contribution in [0.15, 0.2) is 0 Å². The molecule has 0 radical (unpaired) electrons. The van der Waals surface area contributed by atoms with Crippen LogP contribution in [0.3, 0.4) is 0 Å². The van der Waals surface area contributed by atoms with Gasteiger partial charge in [0.25, 0.3) is 0 Å². The first kappa shape index (κ1) is 10.4. The molecule has 0 aliphatic carbocycles. The molecule has 0 aromatic rings. The zero-order chi connectivity index (χ0) is 10.1. The summed E-state index contributed by atoms with van der Waals surface area (Å²) in [5.74, 6) is 0. The van der Waals surface area contributed by atoms with E-state index in [2.05, 4.69) is 10.0 Å².